The molecule has 1 aliphatic rings. The molecular formula is C9H18N3S+. The first kappa shape index (κ1) is 10.8. The predicted octanol–water partition coefficient (Wildman–Crippen LogP) is -0.911. The number of hydrogen-bond donors (Lipinski definition) is 3. The van der Waals surface area contributed by atoms with Crippen molar-refractivity contribution in [1.29, 1.82) is 0 Å². The molecule has 0 radical (unpaired) electrons. The molecule has 1 fully saturated rings. The lowest BCUT2D eigenvalue weighted by molar-refractivity contribution is -0.101. The normalized spacial score (nSPS) is 31.5. The van der Waals surface area contributed by atoms with Gasteiger partial charge < -0.3 is 4.90 Å². The first-order valence-corrected chi connectivity index (χ1v) is 5.25. The van der Waals surface area contributed by atoms with E-state index in [0.29, 0.717) is 0 Å². The number of hydrogen-bond acceptors (Lipinski definition) is 3. The van der Waals surface area contributed by atoms with Gasteiger partial charge in [-0.1, -0.05) is 12.2 Å². The Morgan fingerprint density at radius 3 is 2.85 bits per heavy atom. The van der Waals surface area contributed by atoms with Gasteiger partial charge in [-0.2, -0.15) is 12.6 Å². The highest BCUT2D eigenvalue weighted by Crippen LogP contribution is 2.20. The van der Waals surface area contributed by atoms with Crippen LogP contribution in [0.5, 0.6) is 0 Å². The van der Waals surface area contributed by atoms with Crippen molar-refractivity contribution in [3.63, 3.8) is 0 Å². The summed E-state index contributed by atoms with van der Waals surface area (Å²) in [6.07, 6.45) is 0.968. The van der Waals surface area contributed by atoms with Gasteiger partial charge in [0.05, 0.1) is 0 Å². The third kappa shape index (κ3) is 2.60. The lowest BCUT2D eigenvalue weighted by Crippen LogP contribution is -2.52. The quantitative estimate of drug-likeness (QED) is 0.408. The van der Waals surface area contributed by atoms with E-state index < -0.39 is 0 Å². The second kappa shape index (κ2) is 4.32. The first-order chi connectivity index (χ1) is 6.12. The molecule has 1 heterocycles. The highest BCUT2D eigenvalue weighted by atomic mass is 32.1. The molecule has 1 unspecified atom stereocenters. The Hall–Kier alpha value is -0.240. The lowest BCUT2D eigenvalue weighted by atomic mass is 10.0. The Balaban J connectivity index is 2.58. The Bertz CT molecular complexity index is 211. The monoisotopic (exact) mass is 200 g/mol. The average molecular weight is 200 g/mol. The van der Waals surface area contributed by atoms with Gasteiger partial charge in [0.25, 0.3) is 6.07 Å². The van der Waals surface area contributed by atoms with Gasteiger partial charge in [0.1, 0.15) is 0 Å². The van der Waals surface area contributed by atoms with Gasteiger partial charge in [0.2, 0.25) is 0 Å². The van der Waals surface area contributed by atoms with E-state index in [4.69, 9.17) is 5.26 Å². The molecule has 1 rings (SSSR count). The van der Waals surface area contributed by atoms with Crippen molar-refractivity contribution >= 4 is 12.6 Å². The summed E-state index contributed by atoms with van der Waals surface area (Å²) in [7, 11) is 0. The summed E-state index contributed by atoms with van der Waals surface area (Å²) < 4.78 is 0. The van der Waals surface area contributed by atoms with Crippen molar-refractivity contribution < 1.29 is 5.26 Å². The van der Waals surface area contributed by atoms with Crippen molar-refractivity contribution in [3.05, 3.63) is 0 Å². The highest BCUT2D eigenvalue weighted by molar-refractivity contribution is 7.80. The molecule has 4 heteroatoms. The number of nitrogens with zero attached hydrogens (tertiary/aromatic N) is 1. The molecule has 0 aromatic heterocycles. The third-order valence-corrected chi connectivity index (χ3v) is 2.65. The molecule has 13 heavy (non-hydrogen) atoms. The van der Waals surface area contributed by atoms with E-state index in [9.17, 15) is 0 Å². The first-order valence-electron chi connectivity index (χ1n) is 4.74. The summed E-state index contributed by atoms with van der Waals surface area (Å²) in [4.78, 5) is 2.32. The van der Waals surface area contributed by atoms with E-state index in [0.717, 1.165) is 26.1 Å². The van der Waals surface area contributed by atoms with Crippen molar-refractivity contribution in [3.8, 4) is 6.07 Å². The highest BCUT2D eigenvalue weighted by Gasteiger charge is 2.41. The molecule has 0 aliphatic carbocycles. The van der Waals surface area contributed by atoms with E-state index in [2.05, 4.69) is 35.8 Å². The van der Waals surface area contributed by atoms with Crippen molar-refractivity contribution in [1.82, 2.24) is 10.2 Å². The van der Waals surface area contributed by atoms with E-state index in [1.165, 1.54) is 0 Å². The Labute approximate surface area is 85.5 Å². The van der Waals surface area contributed by atoms with E-state index in [-0.39, 0.29) is 10.9 Å². The van der Waals surface area contributed by atoms with E-state index >= 15 is 0 Å². The van der Waals surface area contributed by atoms with Crippen molar-refractivity contribution in [2.24, 2.45) is 0 Å². The van der Waals surface area contributed by atoms with Crippen LogP contribution in [-0.2, 0) is 0 Å². The van der Waals surface area contributed by atoms with Crippen LogP contribution < -0.4 is 10.6 Å². The fourth-order valence-corrected chi connectivity index (χ4v) is 2.06. The van der Waals surface area contributed by atoms with Gasteiger partial charge in [0, 0.05) is 18.5 Å². The molecule has 1 saturated heterocycles. The number of likely N-dealkylation sites (N-methyl/N-ethyl adjacent to an activating group) is 1. The van der Waals surface area contributed by atoms with Crippen molar-refractivity contribution in [2.75, 3.05) is 19.6 Å². The molecule has 2 atom stereocenters. The topological polar surface area (TPSA) is 39.1 Å². The summed E-state index contributed by atoms with van der Waals surface area (Å²) >= 11 is 4.29. The molecule has 0 spiro atoms. The third-order valence-electron chi connectivity index (χ3n) is 2.52. The molecule has 3 nitrogen and oxygen atoms in total. The van der Waals surface area contributed by atoms with Crippen LogP contribution >= 0.6 is 12.6 Å². The van der Waals surface area contributed by atoms with E-state index in [1.807, 2.05) is 6.92 Å². The number of nitrogens with one attached hydrogen (secondary N) is 2. The maximum atomic E-state index is 7.33. The van der Waals surface area contributed by atoms with Crippen LogP contribution in [0.1, 0.15) is 20.3 Å². The largest absolute Gasteiger partial charge is 0.300 e. The summed E-state index contributed by atoms with van der Waals surface area (Å²) in [6, 6.07) is 2.62. The second-order valence-electron chi connectivity index (χ2n) is 3.65. The van der Waals surface area contributed by atoms with Crippen LogP contribution in [0.4, 0.5) is 0 Å². The minimum atomic E-state index is -0.253. The molecule has 74 valence electrons. The van der Waals surface area contributed by atoms with E-state index in [1.54, 1.807) is 0 Å². The average Bonchev–Trinajstić information content (AvgIpc) is 2.48. The molecule has 1 aliphatic heterocycles. The van der Waals surface area contributed by atoms with Crippen LogP contribution in [0.3, 0.4) is 0 Å². The van der Waals surface area contributed by atoms with Gasteiger partial charge in [0.15, 0.2) is 5.54 Å². The molecule has 0 bridgehead atoms. The summed E-state index contributed by atoms with van der Waals surface area (Å²) in [5.41, 5.74) is -0.253. The van der Waals surface area contributed by atoms with Gasteiger partial charge in [-0.25, -0.2) is 0 Å². The molecule has 2 N–H and O–H groups in total. The fraction of sp³-hybridized carbons (Fsp3) is 0.889. The Morgan fingerprint density at radius 1 is 1.77 bits per heavy atom. The fourth-order valence-electron chi connectivity index (χ4n) is 1.81. The lowest BCUT2D eigenvalue weighted by Gasteiger charge is -2.22. The zero-order valence-corrected chi connectivity index (χ0v) is 9.19. The van der Waals surface area contributed by atoms with Crippen LogP contribution in [-0.4, -0.2) is 35.4 Å². The standard InChI is InChI=1S/C9H17N3S/c1-3-12-5-4-9(6-10,7-12)11-8(2)13/h8,11,13H,3-5,7H2,1-2H3/p+1/t8-,9?/m0/s1. The number of likely N-dealkylation sites (tertiary alicyclic amines) is 1. The molecule has 0 aromatic carbocycles. The van der Waals surface area contributed by atoms with Gasteiger partial charge >= 0.3 is 0 Å². The SMILES string of the molecule is CCN1CCC(C#[NH+])(N[C@H](C)S)C1. The molecular weight excluding hydrogens is 182 g/mol. The number of thiol groups is 1. The van der Waals surface area contributed by atoms with Gasteiger partial charge in [-0.05, 0) is 19.9 Å². The van der Waals surface area contributed by atoms with Gasteiger partial charge in [-0.15, -0.1) is 0 Å². The predicted molar refractivity (Wildman–Crippen MR) is 55.9 cm³/mol. The zero-order valence-electron chi connectivity index (χ0n) is 8.30. The van der Waals surface area contributed by atoms with Gasteiger partial charge in [-0.3, -0.25) is 5.32 Å². The van der Waals surface area contributed by atoms with Crippen LogP contribution in [0.2, 0.25) is 0 Å². The molecule has 0 saturated carbocycles. The maximum Gasteiger partial charge on any atom is 0.294 e. The zero-order chi connectivity index (χ0) is 9.90. The minimum absolute atomic E-state index is 0.120. The minimum Gasteiger partial charge on any atom is -0.300 e. The smallest absolute Gasteiger partial charge is 0.294 e. The number of rotatable bonds is 3. The summed E-state index contributed by atoms with van der Waals surface area (Å²) in [5, 5.41) is 10.7. The molecule has 0 amide bonds. The molecule has 0 aromatic rings. The Morgan fingerprint density at radius 2 is 2.46 bits per heavy atom. The second-order valence-corrected chi connectivity index (χ2v) is 4.42. The summed E-state index contributed by atoms with van der Waals surface area (Å²) in [5.74, 6) is 0. The summed E-state index contributed by atoms with van der Waals surface area (Å²) in [6.45, 7) is 7.11. The van der Waals surface area contributed by atoms with Crippen LogP contribution in [0.25, 0.3) is 0 Å². The van der Waals surface area contributed by atoms with Crippen LogP contribution in [0, 0.1) is 6.07 Å². The Kier molecular flexibility index (Phi) is 3.60. The van der Waals surface area contributed by atoms with Crippen molar-refractivity contribution in [2.45, 2.75) is 31.2 Å². The maximum absolute atomic E-state index is 7.33. The van der Waals surface area contributed by atoms with Crippen LogP contribution in [0.15, 0.2) is 0 Å².